The number of nitrogens with one attached hydrogen (secondary N) is 2. The van der Waals surface area contributed by atoms with Crippen LogP contribution in [0, 0.1) is 0 Å². The van der Waals surface area contributed by atoms with Crippen molar-refractivity contribution in [3.05, 3.63) is 0 Å². The third-order valence-electron chi connectivity index (χ3n) is 2.83. The van der Waals surface area contributed by atoms with Crippen molar-refractivity contribution in [1.82, 2.24) is 15.5 Å². The van der Waals surface area contributed by atoms with Gasteiger partial charge in [-0.1, -0.05) is 0 Å². The molecule has 6 nitrogen and oxygen atoms in total. The second kappa shape index (κ2) is 6.81. The molecule has 0 aromatic rings. The van der Waals surface area contributed by atoms with Gasteiger partial charge in [0, 0.05) is 25.2 Å². The maximum absolute atomic E-state index is 12.0. The van der Waals surface area contributed by atoms with Gasteiger partial charge in [0.25, 0.3) is 0 Å². The minimum atomic E-state index is -0.494. The maximum Gasteiger partial charge on any atom is 0.410 e. The van der Waals surface area contributed by atoms with E-state index >= 15 is 0 Å². The van der Waals surface area contributed by atoms with Crippen molar-refractivity contribution < 1.29 is 14.3 Å². The predicted molar refractivity (Wildman–Crippen MR) is 77.6 cm³/mol. The number of nitrogens with zero attached hydrogens (tertiary/aromatic N) is 1. The number of amides is 3. The van der Waals surface area contributed by atoms with Crippen molar-refractivity contribution in [2.45, 2.75) is 65.1 Å². The molecule has 116 valence electrons. The molecule has 0 aliphatic carbocycles. The standard InChI is InChI=1S/C14H27N3O3/c1-10(2)15-12(18)16-11-7-6-8-17(9-11)13(19)20-14(3,4)5/h10-11H,6-9H2,1-5H3,(H2,15,16,18)/t11-/m1/s1. The fraction of sp³-hybridized carbons (Fsp3) is 0.857. The second-order valence-corrected chi connectivity index (χ2v) is 6.54. The van der Waals surface area contributed by atoms with E-state index in [0.29, 0.717) is 13.1 Å². The van der Waals surface area contributed by atoms with Crippen LogP contribution in [0.4, 0.5) is 9.59 Å². The lowest BCUT2D eigenvalue weighted by atomic mass is 10.1. The Morgan fingerprint density at radius 1 is 1.30 bits per heavy atom. The summed E-state index contributed by atoms with van der Waals surface area (Å²) >= 11 is 0. The molecule has 1 atom stereocenters. The molecule has 3 amide bonds. The summed E-state index contributed by atoms with van der Waals surface area (Å²) in [6.07, 6.45) is 1.43. The lowest BCUT2D eigenvalue weighted by Crippen LogP contribution is -2.53. The summed E-state index contributed by atoms with van der Waals surface area (Å²) in [5.41, 5.74) is -0.494. The van der Waals surface area contributed by atoms with E-state index in [1.165, 1.54) is 0 Å². The molecule has 6 heteroatoms. The molecule has 2 N–H and O–H groups in total. The smallest absolute Gasteiger partial charge is 0.410 e. The number of ether oxygens (including phenoxy) is 1. The molecule has 1 aliphatic heterocycles. The van der Waals surface area contributed by atoms with Crippen molar-refractivity contribution in [1.29, 1.82) is 0 Å². The van der Waals surface area contributed by atoms with Crippen LogP contribution in [-0.2, 0) is 4.74 Å². The second-order valence-electron chi connectivity index (χ2n) is 6.54. The van der Waals surface area contributed by atoms with Crippen molar-refractivity contribution >= 4 is 12.1 Å². The van der Waals surface area contributed by atoms with E-state index in [2.05, 4.69) is 10.6 Å². The Labute approximate surface area is 121 Å². The highest BCUT2D eigenvalue weighted by atomic mass is 16.6. The van der Waals surface area contributed by atoms with Crippen molar-refractivity contribution in [3.8, 4) is 0 Å². The quantitative estimate of drug-likeness (QED) is 0.816. The lowest BCUT2D eigenvalue weighted by molar-refractivity contribution is 0.0190. The van der Waals surface area contributed by atoms with Gasteiger partial charge in [0.2, 0.25) is 0 Å². The molecular formula is C14H27N3O3. The van der Waals surface area contributed by atoms with Gasteiger partial charge in [0.15, 0.2) is 0 Å². The topological polar surface area (TPSA) is 70.7 Å². The number of likely N-dealkylation sites (tertiary alicyclic amines) is 1. The molecule has 0 saturated carbocycles. The van der Waals surface area contributed by atoms with Gasteiger partial charge in [-0.2, -0.15) is 0 Å². The van der Waals surface area contributed by atoms with E-state index in [-0.39, 0.29) is 24.2 Å². The van der Waals surface area contributed by atoms with Crippen LogP contribution in [0.1, 0.15) is 47.5 Å². The first kappa shape index (κ1) is 16.6. The highest BCUT2D eigenvalue weighted by Crippen LogP contribution is 2.15. The predicted octanol–water partition coefficient (Wildman–Crippen LogP) is 2.09. The molecule has 0 aromatic carbocycles. The van der Waals surface area contributed by atoms with E-state index in [9.17, 15) is 9.59 Å². The van der Waals surface area contributed by atoms with Crippen molar-refractivity contribution in [2.24, 2.45) is 0 Å². The Morgan fingerprint density at radius 3 is 2.50 bits per heavy atom. The minimum Gasteiger partial charge on any atom is -0.444 e. The number of carbonyl (C=O) groups excluding carboxylic acids is 2. The Morgan fingerprint density at radius 2 is 1.95 bits per heavy atom. The first-order valence-corrected chi connectivity index (χ1v) is 7.22. The van der Waals surface area contributed by atoms with Gasteiger partial charge in [-0.15, -0.1) is 0 Å². The summed E-state index contributed by atoms with van der Waals surface area (Å²) in [5, 5.41) is 5.69. The van der Waals surface area contributed by atoms with Gasteiger partial charge in [-0.05, 0) is 47.5 Å². The van der Waals surface area contributed by atoms with Crippen LogP contribution < -0.4 is 10.6 Å². The van der Waals surface area contributed by atoms with E-state index in [1.807, 2.05) is 34.6 Å². The third kappa shape index (κ3) is 6.12. The van der Waals surface area contributed by atoms with E-state index < -0.39 is 5.60 Å². The van der Waals surface area contributed by atoms with E-state index in [0.717, 1.165) is 12.8 Å². The average molecular weight is 285 g/mol. The van der Waals surface area contributed by atoms with Gasteiger partial charge < -0.3 is 20.3 Å². The molecule has 0 bridgehead atoms. The highest BCUT2D eigenvalue weighted by Gasteiger charge is 2.28. The SMILES string of the molecule is CC(C)NC(=O)N[C@@H]1CCCN(C(=O)OC(C)(C)C)C1. The van der Waals surface area contributed by atoms with E-state index in [4.69, 9.17) is 4.74 Å². The molecule has 1 rings (SSSR count). The molecular weight excluding hydrogens is 258 g/mol. The van der Waals surface area contributed by atoms with Gasteiger partial charge in [0.05, 0.1) is 0 Å². The van der Waals surface area contributed by atoms with Crippen molar-refractivity contribution in [2.75, 3.05) is 13.1 Å². The summed E-state index contributed by atoms with van der Waals surface area (Å²) in [7, 11) is 0. The van der Waals surface area contributed by atoms with Crippen LogP contribution in [0.15, 0.2) is 0 Å². The zero-order chi connectivity index (χ0) is 15.3. The molecule has 0 aromatic heterocycles. The Kier molecular flexibility index (Phi) is 5.65. The van der Waals surface area contributed by atoms with Crippen molar-refractivity contribution in [3.63, 3.8) is 0 Å². The number of urea groups is 1. The van der Waals surface area contributed by atoms with Crippen LogP contribution in [0.2, 0.25) is 0 Å². The summed E-state index contributed by atoms with van der Waals surface area (Å²) in [6.45, 7) is 10.5. The Balaban J connectivity index is 2.46. The number of hydrogen-bond donors (Lipinski definition) is 2. The van der Waals surface area contributed by atoms with Gasteiger partial charge in [0.1, 0.15) is 5.60 Å². The molecule has 0 radical (unpaired) electrons. The van der Waals surface area contributed by atoms with Crippen LogP contribution in [0.25, 0.3) is 0 Å². The normalized spacial score (nSPS) is 19.7. The first-order chi connectivity index (χ1) is 9.17. The first-order valence-electron chi connectivity index (χ1n) is 7.22. The summed E-state index contributed by atoms with van der Waals surface area (Å²) in [6, 6.07) is -0.105. The van der Waals surface area contributed by atoms with Gasteiger partial charge in [-0.3, -0.25) is 0 Å². The zero-order valence-electron chi connectivity index (χ0n) is 13.2. The number of hydrogen-bond acceptors (Lipinski definition) is 3. The fourth-order valence-electron chi connectivity index (χ4n) is 2.08. The summed E-state index contributed by atoms with van der Waals surface area (Å²) in [5.74, 6) is 0. The fourth-order valence-corrected chi connectivity index (χ4v) is 2.08. The maximum atomic E-state index is 12.0. The number of carbonyl (C=O) groups is 2. The average Bonchev–Trinajstić information content (AvgIpc) is 2.25. The highest BCUT2D eigenvalue weighted by molar-refractivity contribution is 5.74. The molecule has 1 saturated heterocycles. The van der Waals surface area contributed by atoms with Crippen LogP contribution >= 0.6 is 0 Å². The largest absolute Gasteiger partial charge is 0.444 e. The third-order valence-corrected chi connectivity index (χ3v) is 2.83. The molecule has 1 fully saturated rings. The monoisotopic (exact) mass is 285 g/mol. The van der Waals surface area contributed by atoms with Crippen LogP contribution in [0.5, 0.6) is 0 Å². The van der Waals surface area contributed by atoms with Crippen LogP contribution in [-0.4, -0.2) is 47.8 Å². The number of piperidine rings is 1. The molecule has 1 aliphatic rings. The summed E-state index contributed by atoms with van der Waals surface area (Å²) in [4.78, 5) is 25.3. The minimum absolute atomic E-state index is 0.0185. The van der Waals surface area contributed by atoms with Gasteiger partial charge in [-0.25, -0.2) is 9.59 Å². The summed E-state index contributed by atoms with van der Waals surface area (Å²) < 4.78 is 5.35. The molecule has 1 heterocycles. The molecule has 0 spiro atoms. The zero-order valence-corrected chi connectivity index (χ0v) is 13.2. The van der Waals surface area contributed by atoms with E-state index in [1.54, 1.807) is 4.90 Å². The Hall–Kier alpha value is -1.46. The van der Waals surface area contributed by atoms with Gasteiger partial charge >= 0.3 is 12.1 Å². The Bertz CT molecular complexity index is 350. The lowest BCUT2D eigenvalue weighted by Gasteiger charge is -2.34. The van der Waals surface area contributed by atoms with Crippen LogP contribution in [0.3, 0.4) is 0 Å². The molecule has 0 unspecified atom stereocenters. The molecule has 20 heavy (non-hydrogen) atoms. The number of rotatable bonds is 2.